The molecule has 2 aliphatic heterocycles. The average molecular weight is 519 g/mol. The van der Waals surface area contributed by atoms with Gasteiger partial charge in [0.05, 0.1) is 30.9 Å². The van der Waals surface area contributed by atoms with Gasteiger partial charge >= 0.3 is 0 Å². The number of carbonyl (C=O) groups is 1. The Hall–Kier alpha value is -2.66. The first-order chi connectivity index (χ1) is 17.2. The van der Waals surface area contributed by atoms with E-state index in [2.05, 4.69) is 24.9 Å². The summed E-state index contributed by atoms with van der Waals surface area (Å²) in [6, 6.07) is 7.26. The molecule has 2 aromatic rings. The van der Waals surface area contributed by atoms with Gasteiger partial charge in [0.15, 0.2) is 0 Å². The number of hydrogen-bond donors (Lipinski definition) is 3. The zero-order valence-electron chi connectivity index (χ0n) is 20.6. The van der Waals surface area contributed by atoms with Crippen LogP contribution in [0, 0.1) is 12.3 Å². The Morgan fingerprint density at radius 1 is 1.14 bits per heavy atom. The lowest BCUT2D eigenvalue weighted by Gasteiger charge is -2.38. The molecule has 0 radical (unpaired) electrons. The van der Waals surface area contributed by atoms with Crippen molar-refractivity contribution in [3.63, 3.8) is 0 Å². The third-order valence-corrected chi connectivity index (χ3v) is 8.12. The van der Waals surface area contributed by atoms with Gasteiger partial charge in [-0.2, -0.15) is 4.98 Å². The number of halogens is 2. The van der Waals surface area contributed by atoms with E-state index in [1.807, 2.05) is 19.1 Å². The van der Waals surface area contributed by atoms with Crippen LogP contribution in [0.25, 0.3) is 0 Å². The molecule has 8 nitrogen and oxygen atoms in total. The molecule has 1 unspecified atom stereocenters. The van der Waals surface area contributed by atoms with Crippen LogP contribution in [0.1, 0.15) is 48.7 Å². The molecule has 11 heteroatoms. The van der Waals surface area contributed by atoms with Crippen LogP contribution in [0.3, 0.4) is 0 Å². The van der Waals surface area contributed by atoms with Crippen LogP contribution in [0.15, 0.2) is 24.3 Å². The number of aliphatic hydroxyl groups is 1. The minimum absolute atomic E-state index is 0.0303. The molecule has 3 heterocycles. The van der Waals surface area contributed by atoms with E-state index in [1.165, 1.54) is 29.7 Å². The minimum Gasteiger partial charge on any atom is -0.395 e. The number of benzene rings is 1. The second-order valence-corrected chi connectivity index (χ2v) is 11.5. The molecule has 3 aliphatic rings. The third kappa shape index (κ3) is 5.51. The molecule has 1 aliphatic carbocycles. The lowest BCUT2D eigenvalue weighted by atomic mass is 9.93. The molecule has 1 spiro atoms. The summed E-state index contributed by atoms with van der Waals surface area (Å²) in [6.45, 7) is 4.68. The lowest BCUT2D eigenvalue weighted by molar-refractivity contribution is -0.0271. The maximum atomic E-state index is 13.4. The molecule has 36 heavy (non-hydrogen) atoms. The number of anilines is 4. The normalized spacial score (nSPS) is 20.6. The molecule has 1 amide bonds. The second kappa shape index (κ2) is 9.66. The fraction of sp³-hybridized carbons (Fsp3) is 0.560. The van der Waals surface area contributed by atoms with Crippen molar-refractivity contribution in [2.24, 2.45) is 5.41 Å². The van der Waals surface area contributed by atoms with E-state index in [4.69, 9.17) is 0 Å². The number of nitrogens with zero attached hydrogens (tertiary/aromatic N) is 4. The van der Waals surface area contributed by atoms with Gasteiger partial charge in [-0.15, -0.1) is 0 Å². The summed E-state index contributed by atoms with van der Waals surface area (Å²) in [5.74, 6) is -2.56. The number of hydrogen-bond acceptors (Lipinski definition) is 8. The van der Waals surface area contributed by atoms with Crippen molar-refractivity contribution in [3.05, 3.63) is 35.5 Å². The van der Waals surface area contributed by atoms with E-state index in [0.717, 1.165) is 37.3 Å². The fourth-order valence-electron chi connectivity index (χ4n) is 4.75. The number of rotatable bonds is 8. The van der Waals surface area contributed by atoms with Crippen LogP contribution in [0.2, 0.25) is 0 Å². The average Bonchev–Trinajstić information content (AvgIpc) is 3.59. The number of alkyl halides is 2. The van der Waals surface area contributed by atoms with Gasteiger partial charge in [-0.1, -0.05) is 0 Å². The Bertz CT molecular complexity index is 1130. The maximum absolute atomic E-state index is 13.4. The molecule has 1 aromatic heterocycles. The first-order valence-corrected chi connectivity index (χ1v) is 13.2. The molecule has 2 saturated heterocycles. The quantitative estimate of drug-likeness (QED) is 0.445. The van der Waals surface area contributed by atoms with Crippen molar-refractivity contribution in [1.29, 1.82) is 0 Å². The van der Waals surface area contributed by atoms with E-state index in [0.29, 0.717) is 16.7 Å². The van der Waals surface area contributed by atoms with Gasteiger partial charge in [0.1, 0.15) is 5.82 Å². The Morgan fingerprint density at radius 3 is 2.50 bits per heavy atom. The maximum Gasteiger partial charge on any atom is 0.282 e. The van der Waals surface area contributed by atoms with Crippen molar-refractivity contribution in [1.82, 2.24) is 9.97 Å². The first-order valence-electron chi connectivity index (χ1n) is 12.4. The van der Waals surface area contributed by atoms with Crippen LogP contribution in [0.5, 0.6) is 0 Å². The number of nitrogens with one attached hydrogen (secondary N) is 2. The largest absolute Gasteiger partial charge is 0.395 e. The molecule has 0 bridgehead atoms. The summed E-state index contributed by atoms with van der Waals surface area (Å²) >= 11 is 1.43. The highest BCUT2D eigenvalue weighted by molar-refractivity contribution is 8.01. The number of aryl methyl sites for hydroxylation is 1. The Balaban J connectivity index is 1.36. The van der Waals surface area contributed by atoms with Crippen molar-refractivity contribution < 1.29 is 18.7 Å². The van der Waals surface area contributed by atoms with Gasteiger partial charge in [-0.05, 0) is 75.1 Å². The van der Waals surface area contributed by atoms with E-state index in [9.17, 15) is 18.7 Å². The predicted octanol–water partition coefficient (Wildman–Crippen LogP) is 4.31. The van der Waals surface area contributed by atoms with Crippen LogP contribution in [0.4, 0.5) is 31.9 Å². The number of carbonyl (C=O) groups excluding carboxylic acids is 1. The summed E-state index contributed by atoms with van der Waals surface area (Å²) in [5.41, 5.74) is 3.33. The summed E-state index contributed by atoms with van der Waals surface area (Å²) in [7, 11) is 0. The van der Waals surface area contributed by atoms with Crippen molar-refractivity contribution in [3.8, 4) is 0 Å². The zero-order chi connectivity index (χ0) is 25.5. The Labute approximate surface area is 214 Å². The lowest BCUT2D eigenvalue weighted by Crippen LogP contribution is -2.57. The van der Waals surface area contributed by atoms with Gasteiger partial charge in [0.2, 0.25) is 5.95 Å². The zero-order valence-corrected chi connectivity index (χ0v) is 21.4. The molecule has 5 rings (SSSR count). The molecule has 1 atom stereocenters. The molecule has 1 saturated carbocycles. The molecular formula is C25H32F2N6O2S. The minimum atomic E-state index is -2.73. The van der Waals surface area contributed by atoms with Crippen molar-refractivity contribution in [2.75, 3.05) is 52.6 Å². The Kier molecular flexibility index (Phi) is 6.71. The van der Waals surface area contributed by atoms with Gasteiger partial charge < -0.3 is 24.9 Å². The van der Waals surface area contributed by atoms with Gasteiger partial charge in [0.25, 0.3) is 11.8 Å². The third-order valence-electron chi connectivity index (χ3n) is 7.21. The van der Waals surface area contributed by atoms with E-state index in [1.54, 1.807) is 19.1 Å². The molecule has 3 N–H and O–H groups in total. The van der Waals surface area contributed by atoms with Crippen LogP contribution < -0.4 is 19.8 Å². The van der Waals surface area contributed by atoms with Gasteiger partial charge in [-0.25, -0.2) is 13.8 Å². The van der Waals surface area contributed by atoms with E-state index < -0.39 is 19.0 Å². The standard InChI is InChI=1S/C25H32F2N6O2S/c1-16-11-21(30-23(28-16)33-14-25(26,27)15-33)29-22(35)19-4-3-18(31-36-17(2)13-34)12-20(19)32-9-7-24(5-6-24)8-10-32/h3-4,11-12,17,31,34H,5-10,13-15H2,1-2H3,(H,28,29,30,35). The number of aromatic nitrogens is 2. The summed E-state index contributed by atoms with van der Waals surface area (Å²) in [6.07, 6.45) is 4.83. The summed E-state index contributed by atoms with van der Waals surface area (Å²) in [4.78, 5) is 25.7. The number of aliphatic hydroxyl groups excluding tert-OH is 1. The molecule has 194 valence electrons. The van der Waals surface area contributed by atoms with Gasteiger partial charge in [0, 0.05) is 35.8 Å². The molecule has 3 fully saturated rings. The summed E-state index contributed by atoms with van der Waals surface area (Å²) in [5, 5.41) is 12.2. The number of piperidine rings is 1. The van der Waals surface area contributed by atoms with Gasteiger partial charge in [-0.3, -0.25) is 4.79 Å². The highest BCUT2D eigenvalue weighted by Crippen LogP contribution is 2.54. The van der Waals surface area contributed by atoms with Crippen LogP contribution >= 0.6 is 11.9 Å². The predicted molar refractivity (Wildman–Crippen MR) is 139 cm³/mol. The highest BCUT2D eigenvalue weighted by atomic mass is 32.2. The van der Waals surface area contributed by atoms with Crippen molar-refractivity contribution >= 4 is 41.0 Å². The highest BCUT2D eigenvalue weighted by Gasteiger charge is 2.46. The van der Waals surface area contributed by atoms with E-state index in [-0.39, 0.29) is 29.5 Å². The van der Waals surface area contributed by atoms with Crippen LogP contribution in [-0.4, -0.2) is 64.9 Å². The first kappa shape index (κ1) is 25.0. The van der Waals surface area contributed by atoms with E-state index >= 15 is 0 Å². The molecular weight excluding hydrogens is 486 g/mol. The van der Waals surface area contributed by atoms with Crippen LogP contribution in [-0.2, 0) is 0 Å². The summed E-state index contributed by atoms with van der Waals surface area (Å²) < 4.78 is 30.0. The second-order valence-electron chi connectivity index (χ2n) is 10.3. The number of amides is 1. The Morgan fingerprint density at radius 2 is 1.86 bits per heavy atom. The molecule has 1 aromatic carbocycles. The van der Waals surface area contributed by atoms with Crippen molar-refractivity contribution in [2.45, 2.75) is 50.7 Å². The SMILES string of the molecule is Cc1cc(NC(=O)c2ccc(NSC(C)CO)cc2N2CCC3(CC2)CC3)nc(N2CC(F)(F)C2)n1. The smallest absolute Gasteiger partial charge is 0.282 e. The monoisotopic (exact) mass is 518 g/mol. The topological polar surface area (TPSA) is 93.6 Å². The fourth-order valence-corrected chi connectivity index (χ4v) is 5.29.